The highest BCUT2D eigenvalue weighted by Gasteiger charge is 2.25. The summed E-state index contributed by atoms with van der Waals surface area (Å²) >= 11 is 6.07. The molecule has 1 aliphatic heterocycles. The van der Waals surface area contributed by atoms with Crippen molar-refractivity contribution in [3.63, 3.8) is 0 Å². The van der Waals surface area contributed by atoms with Crippen LogP contribution in [0, 0.1) is 0 Å². The number of nitrogens with zero attached hydrogens (tertiary/aromatic N) is 1. The Bertz CT molecular complexity index is 654. The van der Waals surface area contributed by atoms with Crippen LogP contribution in [0.3, 0.4) is 0 Å². The Hall–Kier alpha value is -2.00. The fourth-order valence-electron chi connectivity index (χ4n) is 2.36. The minimum Gasteiger partial charge on any atom is -0.399 e. The van der Waals surface area contributed by atoms with Crippen LogP contribution in [0.4, 0.5) is 5.69 Å². The Morgan fingerprint density at radius 1 is 1.11 bits per heavy atom. The quantitative estimate of drug-likeness (QED) is 0.811. The summed E-state index contributed by atoms with van der Waals surface area (Å²) in [4.78, 5) is 14.2. The van der Waals surface area contributed by atoms with E-state index in [1.54, 1.807) is 17.0 Å². The largest absolute Gasteiger partial charge is 0.399 e. The van der Waals surface area contributed by atoms with Gasteiger partial charge >= 0.3 is 0 Å². The van der Waals surface area contributed by atoms with Gasteiger partial charge in [-0.15, -0.1) is 0 Å². The van der Waals surface area contributed by atoms with Gasteiger partial charge in [0.05, 0.1) is 10.6 Å². The molecule has 2 N–H and O–H groups in total. The van der Waals surface area contributed by atoms with E-state index in [1.807, 2.05) is 30.3 Å². The lowest BCUT2D eigenvalue weighted by molar-refractivity contribution is 0.0751. The third kappa shape index (κ3) is 2.17. The Kier molecular flexibility index (Phi) is 2.91. The van der Waals surface area contributed by atoms with E-state index in [9.17, 15) is 4.79 Å². The van der Waals surface area contributed by atoms with Crippen molar-refractivity contribution in [2.24, 2.45) is 0 Å². The molecule has 1 amide bonds. The van der Waals surface area contributed by atoms with Crippen LogP contribution in [0.1, 0.15) is 21.5 Å². The van der Waals surface area contributed by atoms with Gasteiger partial charge in [-0.3, -0.25) is 4.79 Å². The lowest BCUT2D eigenvalue weighted by Crippen LogP contribution is -2.25. The summed E-state index contributed by atoms with van der Waals surface area (Å²) < 4.78 is 0. The van der Waals surface area contributed by atoms with Gasteiger partial charge in [0.1, 0.15) is 0 Å². The first-order valence-corrected chi connectivity index (χ1v) is 6.44. The van der Waals surface area contributed by atoms with E-state index in [4.69, 9.17) is 17.3 Å². The van der Waals surface area contributed by atoms with Crippen LogP contribution >= 0.6 is 11.6 Å². The predicted molar refractivity (Wildman–Crippen MR) is 75.9 cm³/mol. The van der Waals surface area contributed by atoms with E-state index < -0.39 is 0 Å². The van der Waals surface area contributed by atoms with Crippen LogP contribution in [0.15, 0.2) is 42.5 Å². The maximum absolute atomic E-state index is 12.4. The van der Waals surface area contributed by atoms with Crippen molar-refractivity contribution in [3.05, 3.63) is 64.2 Å². The number of hydrogen-bond donors (Lipinski definition) is 1. The zero-order chi connectivity index (χ0) is 13.4. The molecule has 1 aliphatic rings. The van der Waals surface area contributed by atoms with Crippen molar-refractivity contribution in [2.75, 3.05) is 5.73 Å². The van der Waals surface area contributed by atoms with Gasteiger partial charge in [0.2, 0.25) is 0 Å². The Morgan fingerprint density at radius 2 is 1.84 bits per heavy atom. The lowest BCUT2D eigenvalue weighted by atomic mass is 10.1. The molecule has 19 heavy (non-hydrogen) atoms. The zero-order valence-electron chi connectivity index (χ0n) is 10.3. The topological polar surface area (TPSA) is 46.3 Å². The molecule has 3 nitrogen and oxygen atoms in total. The molecule has 2 aromatic carbocycles. The van der Waals surface area contributed by atoms with E-state index in [-0.39, 0.29) is 5.91 Å². The summed E-state index contributed by atoms with van der Waals surface area (Å²) in [6, 6.07) is 12.9. The number of nitrogens with two attached hydrogens (primary N) is 1. The molecule has 3 rings (SSSR count). The second kappa shape index (κ2) is 4.59. The number of anilines is 1. The smallest absolute Gasteiger partial charge is 0.255 e. The van der Waals surface area contributed by atoms with Crippen molar-refractivity contribution in [1.29, 1.82) is 0 Å². The highest BCUT2D eigenvalue weighted by atomic mass is 35.5. The number of hydrogen-bond acceptors (Lipinski definition) is 2. The van der Waals surface area contributed by atoms with E-state index in [1.165, 1.54) is 0 Å². The molecular weight excluding hydrogens is 260 g/mol. The van der Waals surface area contributed by atoms with Crippen LogP contribution in [0.25, 0.3) is 0 Å². The van der Waals surface area contributed by atoms with Crippen LogP contribution in [-0.4, -0.2) is 10.8 Å². The molecule has 0 bridgehead atoms. The van der Waals surface area contributed by atoms with Gasteiger partial charge in [-0.05, 0) is 35.4 Å². The average Bonchev–Trinajstić information content (AvgIpc) is 2.81. The first kappa shape index (κ1) is 12.1. The van der Waals surface area contributed by atoms with Gasteiger partial charge in [0.15, 0.2) is 0 Å². The van der Waals surface area contributed by atoms with Gasteiger partial charge in [0.25, 0.3) is 5.91 Å². The number of benzene rings is 2. The Labute approximate surface area is 116 Å². The van der Waals surface area contributed by atoms with E-state index >= 15 is 0 Å². The van der Waals surface area contributed by atoms with E-state index in [0.29, 0.717) is 23.7 Å². The molecule has 0 radical (unpaired) electrons. The SMILES string of the molecule is Nc1ccc2c(c1)CN(C(=O)c1ccccc1Cl)C2. The van der Waals surface area contributed by atoms with Crippen molar-refractivity contribution in [1.82, 2.24) is 4.90 Å². The summed E-state index contributed by atoms with van der Waals surface area (Å²) in [6.07, 6.45) is 0. The van der Waals surface area contributed by atoms with Crippen molar-refractivity contribution >= 4 is 23.2 Å². The molecule has 0 aliphatic carbocycles. The zero-order valence-corrected chi connectivity index (χ0v) is 11.0. The number of halogens is 1. The third-order valence-corrected chi connectivity index (χ3v) is 3.67. The van der Waals surface area contributed by atoms with Crippen LogP contribution in [0.2, 0.25) is 5.02 Å². The fourth-order valence-corrected chi connectivity index (χ4v) is 2.58. The highest BCUT2D eigenvalue weighted by molar-refractivity contribution is 6.33. The molecule has 2 aromatic rings. The summed E-state index contributed by atoms with van der Waals surface area (Å²) in [5.74, 6) is -0.0413. The number of carbonyl (C=O) groups is 1. The second-order valence-electron chi connectivity index (χ2n) is 4.67. The number of amides is 1. The summed E-state index contributed by atoms with van der Waals surface area (Å²) in [5.41, 5.74) is 9.30. The maximum atomic E-state index is 12.4. The van der Waals surface area contributed by atoms with Crippen LogP contribution in [0.5, 0.6) is 0 Å². The molecule has 0 aromatic heterocycles. The maximum Gasteiger partial charge on any atom is 0.255 e. The van der Waals surface area contributed by atoms with Crippen molar-refractivity contribution in [2.45, 2.75) is 13.1 Å². The molecule has 0 saturated carbocycles. The molecule has 0 fully saturated rings. The molecule has 4 heteroatoms. The standard InChI is InChI=1S/C15H13ClN2O/c16-14-4-2-1-3-13(14)15(19)18-8-10-5-6-12(17)7-11(10)9-18/h1-7H,8-9,17H2. The average molecular weight is 273 g/mol. The second-order valence-corrected chi connectivity index (χ2v) is 5.08. The van der Waals surface area contributed by atoms with Gasteiger partial charge in [-0.1, -0.05) is 29.8 Å². The molecule has 0 saturated heterocycles. The number of carbonyl (C=O) groups excluding carboxylic acids is 1. The monoisotopic (exact) mass is 272 g/mol. The highest BCUT2D eigenvalue weighted by Crippen LogP contribution is 2.27. The first-order chi connectivity index (χ1) is 9.15. The third-order valence-electron chi connectivity index (χ3n) is 3.34. The van der Waals surface area contributed by atoms with Gasteiger partial charge in [-0.25, -0.2) is 0 Å². The van der Waals surface area contributed by atoms with Crippen molar-refractivity contribution in [3.8, 4) is 0 Å². The van der Waals surface area contributed by atoms with Crippen LogP contribution in [-0.2, 0) is 13.1 Å². The molecule has 1 heterocycles. The van der Waals surface area contributed by atoms with Gasteiger partial charge in [-0.2, -0.15) is 0 Å². The minimum absolute atomic E-state index is 0.0413. The lowest BCUT2D eigenvalue weighted by Gasteiger charge is -2.16. The van der Waals surface area contributed by atoms with Crippen molar-refractivity contribution < 1.29 is 4.79 Å². The fraction of sp³-hybridized carbons (Fsp3) is 0.133. The normalized spacial score (nSPS) is 13.4. The number of fused-ring (bicyclic) bond motifs is 1. The molecule has 0 unspecified atom stereocenters. The summed E-state index contributed by atoms with van der Waals surface area (Å²) in [6.45, 7) is 1.20. The first-order valence-electron chi connectivity index (χ1n) is 6.06. The molecule has 0 atom stereocenters. The number of rotatable bonds is 1. The Morgan fingerprint density at radius 3 is 2.63 bits per heavy atom. The van der Waals surface area contributed by atoms with E-state index in [0.717, 1.165) is 16.8 Å². The predicted octanol–water partition coefficient (Wildman–Crippen LogP) is 3.08. The minimum atomic E-state index is -0.0413. The van der Waals surface area contributed by atoms with Crippen LogP contribution < -0.4 is 5.73 Å². The number of nitrogen functional groups attached to an aromatic ring is 1. The summed E-state index contributed by atoms with van der Waals surface area (Å²) in [5, 5.41) is 0.489. The van der Waals surface area contributed by atoms with Gasteiger partial charge < -0.3 is 10.6 Å². The van der Waals surface area contributed by atoms with E-state index in [2.05, 4.69) is 0 Å². The molecule has 96 valence electrons. The Balaban J connectivity index is 1.87. The van der Waals surface area contributed by atoms with Gasteiger partial charge in [0, 0.05) is 18.8 Å². The molecular formula is C15H13ClN2O. The summed E-state index contributed by atoms with van der Waals surface area (Å²) in [7, 11) is 0. The molecule has 0 spiro atoms.